The molecule has 1 aliphatic carbocycles. The van der Waals surface area contributed by atoms with E-state index in [1.807, 2.05) is 6.92 Å². The molecule has 0 aromatic heterocycles. The molecule has 6 amide bonds. The molecule has 2 aromatic carbocycles. The maximum absolute atomic E-state index is 13.2. The van der Waals surface area contributed by atoms with Gasteiger partial charge in [-0.1, -0.05) is 23.8 Å². The first-order chi connectivity index (χ1) is 16.2. The molecular formula is C23H23N5O6. The number of imide groups is 1. The average molecular weight is 465 g/mol. The predicted octanol–water partition coefficient (Wildman–Crippen LogP) is 1.33. The number of ether oxygens (including phenoxy) is 1. The Bertz CT molecular complexity index is 1190. The zero-order valence-corrected chi connectivity index (χ0v) is 18.6. The first kappa shape index (κ1) is 22.8. The van der Waals surface area contributed by atoms with Crippen LogP contribution in [0.25, 0.3) is 0 Å². The summed E-state index contributed by atoms with van der Waals surface area (Å²) in [6, 6.07) is 11.3. The lowest BCUT2D eigenvalue weighted by atomic mass is 9.94. The first-order valence-corrected chi connectivity index (χ1v) is 10.6. The maximum Gasteiger partial charge on any atom is 0.418 e. The zero-order chi connectivity index (χ0) is 24.5. The van der Waals surface area contributed by atoms with E-state index in [2.05, 4.69) is 21.5 Å². The molecule has 1 atom stereocenters. The predicted molar refractivity (Wildman–Crippen MR) is 120 cm³/mol. The van der Waals surface area contributed by atoms with Crippen molar-refractivity contribution >= 4 is 35.5 Å². The van der Waals surface area contributed by atoms with E-state index in [4.69, 9.17) is 4.74 Å². The van der Waals surface area contributed by atoms with Crippen LogP contribution in [0.4, 0.5) is 15.3 Å². The van der Waals surface area contributed by atoms with Crippen molar-refractivity contribution in [2.45, 2.75) is 25.4 Å². The Morgan fingerprint density at radius 1 is 1.06 bits per heavy atom. The van der Waals surface area contributed by atoms with Gasteiger partial charge in [0.1, 0.15) is 6.54 Å². The number of nitrogens with one attached hydrogen (secondary N) is 4. The van der Waals surface area contributed by atoms with Crippen LogP contribution in [-0.4, -0.2) is 48.3 Å². The van der Waals surface area contributed by atoms with Crippen LogP contribution in [0.5, 0.6) is 0 Å². The lowest BCUT2D eigenvalue weighted by molar-refractivity contribution is -0.139. The molecule has 4 rings (SSSR count). The van der Waals surface area contributed by atoms with Gasteiger partial charge in [0.15, 0.2) is 0 Å². The number of hydrazine groups is 1. The average Bonchev–Trinajstić information content (AvgIpc) is 3.30. The molecule has 1 aliphatic heterocycles. The number of aryl methyl sites for hydroxylation is 2. The van der Waals surface area contributed by atoms with Crippen LogP contribution < -0.4 is 21.5 Å². The van der Waals surface area contributed by atoms with E-state index in [-0.39, 0.29) is 12.5 Å². The molecule has 176 valence electrons. The second-order valence-corrected chi connectivity index (χ2v) is 8.03. The van der Waals surface area contributed by atoms with Crippen LogP contribution in [0, 0.1) is 6.92 Å². The molecule has 2 aromatic rings. The SMILES string of the molecule is CNC(=O)Nc1ccc2c(c1)CC[C@]21OC(=O)N(CC(=O)NNC(=O)c2ccc(C)cc2)C1=O. The summed E-state index contributed by atoms with van der Waals surface area (Å²) >= 11 is 0. The van der Waals surface area contributed by atoms with E-state index >= 15 is 0 Å². The van der Waals surface area contributed by atoms with Crippen LogP contribution in [-0.2, 0) is 26.3 Å². The van der Waals surface area contributed by atoms with Crippen molar-refractivity contribution in [3.05, 3.63) is 64.7 Å². The van der Waals surface area contributed by atoms with Crippen LogP contribution in [0.1, 0.15) is 33.5 Å². The third kappa shape index (κ3) is 4.15. The van der Waals surface area contributed by atoms with E-state index in [0.29, 0.717) is 23.2 Å². The van der Waals surface area contributed by atoms with Crippen molar-refractivity contribution < 1.29 is 28.7 Å². The topological polar surface area (TPSA) is 146 Å². The fraction of sp³-hybridized carbons (Fsp3) is 0.261. The number of carbonyl (C=O) groups is 5. The number of anilines is 1. The van der Waals surface area contributed by atoms with Gasteiger partial charge >= 0.3 is 12.1 Å². The second kappa shape index (κ2) is 8.85. The molecule has 0 bridgehead atoms. The highest BCUT2D eigenvalue weighted by molar-refractivity contribution is 6.06. The molecule has 0 unspecified atom stereocenters. The highest BCUT2D eigenvalue weighted by atomic mass is 16.6. The van der Waals surface area contributed by atoms with E-state index in [9.17, 15) is 24.0 Å². The maximum atomic E-state index is 13.2. The van der Waals surface area contributed by atoms with Crippen molar-refractivity contribution in [1.29, 1.82) is 0 Å². The zero-order valence-electron chi connectivity index (χ0n) is 18.6. The standard InChI is InChI=1S/C23H23N5O6/c1-13-3-5-14(6-4-13)19(30)27-26-18(29)12-28-20(31)23(34-22(28)33)10-9-15-11-16(7-8-17(15)23)25-21(32)24-2/h3-8,11H,9-10,12H2,1-2H3,(H,26,29)(H,27,30)(H2,24,25,32)/t23-/m0/s1. The van der Waals surface area contributed by atoms with Crippen molar-refractivity contribution in [2.75, 3.05) is 18.9 Å². The summed E-state index contributed by atoms with van der Waals surface area (Å²) < 4.78 is 5.48. The third-order valence-corrected chi connectivity index (χ3v) is 5.78. The first-order valence-electron chi connectivity index (χ1n) is 10.6. The summed E-state index contributed by atoms with van der Waals surface area (Å²) in [7, 11) is 1.49. The fourth-order valence-corrected chi connectivity index (χ4v) is 4.01. The Labute approximate surface area is 194 Å². The monoisotopic (exact) mass is 465 g/mol. The number of nitrogens with zero attached hydrogens (tertiary/aromatic N) is 1. The summed E-state index contributed by atoms with van der Waals surface area (Å²) in [5, 5.41) is 5.10. The smallest absolute Gasteiger partial charge is 0.418 e. The second-order valence-electron chi connectivity index (χ2n) is 8.03. The van der Waals surface area contributed by atoms with Crippen molar-refractivity contribution in [3.8, 4) is 0 Å². The van der Waals surface area contributed by atoms with Gasteiger partial charge in [0, 0.05) is 30.3 Å². The number of urea groups is 1. The van der Waals surface area contributed by atoms with Crippen molar-refractivity contribution in [3.63, 3.8) is 0 Å². The van der Waals surface area contributed by atoms with Crippen molar-refractivity contribution in [2.24, 2.45) is 0 Å². The number of amides is 6. The molecule has 1 heterocycles. The molecule has 11 nitrogen and oxygen atoms in total. The quantitative estimate of drug-likeness (QED) is 0.501. The molecule has 34 heavy (non-hydrogen) atoms. The number of hydrogen-bond donors (Lipinski definition) is 4. The van der Waals surface area contributed by atoms with E-state index in [1.165, 1.54) is 7.05 Å². The number of carbonyl (C=O) groups excluding carboxylic acids is 5. The van der Waals surface area contributed by atoms with Crippen LogP contribution in [0.2, 0.25) is 0 Å². The number of hydrogen-bond acceptors (Lipinski definition) is 6. The molecule has 11 heteroatoms. The summed E-state index contributed by atoms with van der Waals surface area (Å²) in [6.07, 6.45) is -0.270. The van der Waals surface area contributed by atoms with Gasteiger partial charge in [-0.25, -0.2) is 14.5 Å². The number of rotatable bonds is 4. The van der Waals surface area contributed by atoms with Gasteiger partial charge in [0.25, 0.3) is 17.7 Å². The van der Waals surface area contributed by atoms with Crippen LogP contribution in [0.3, 0.4) is 0 Å². The Morgan fingerprint density at radius 3 is 2.50 bits per heavy atom. The number of benzene rings is 2. The molecule has 1 fully saturated rings. The summed E-state index contributed by atoms with van der Waals surface area (Å²) in [5.41, 5.74) is 6.08. The Hall–Kier alpha value is -4.41. The molecule has 0 saturated carbocycles. The summed E-state index contributed by atoms with van der Waals surface area (Å²) in [4.78, 5) is 62.4. The lowest BCUT2D eigenvalue weighted by Crippen LogP contribution is -2.48. The highest BCUT2D eigenvalue weighted by Crippen LogP contribution is 2.45. The molecule has 2 aliphatic rings. The Kier molecular flexibility index (Phi) is 5.93. The molecular weight excluding hydrogens is 442 g/mol. The highest BCUT2D eigenvalue weighted by Gasteiger charge is 2.58. The largest absolute Gasteiger partial charge is 0.427 e. The minimum atomic E-state index is -1.51. The van der Waals surface area contributed by atoms with Gasteiger partial charge in [0.05, 0.1) is 0 Å². The van der Waals surface area contributed by atoms with Gasteiger partial charge in [-0.15, -0.1) is 0 Å². The van der Waals surface area contributed by atoms with Gasteiger partial charge in [-0.05, 0) is 43.2 Å². The van der Waals surface area contributed by atoms with Crippen molar-refractivity contribution in [1.82, 2.24) is 21.1 Å². The third-order valence-electron chi connectivity index (χ3n) is 5.78. The van der Waals surface area contributed by atoms with E-state index < -0.39 is 36.0 Å². The summed E-state index contributed by atoms with van der Waals surface area (Å²) in [5.74, 6) is -1.94. The normalized spacial score (nSPS) is 18.4. The lowest BCUT2D eigenvalue weighted by Gasteiger charge is -2.20. The van der Waals surface area contributed by atoms with Gasteiger partial charge in [-0.2, -0.15) is 0 Å². The molecule has 0 radical (unpaired) electrons. The minimum absolute atomic E-state index is 0.221. The number of fused-ring (bicyclic) bond motifs is 2. The van der Waals surface area contributed by atoms with Crippen LogP contribution in [0.15, 0.2) is 42.5 Å². The Balaban J connectivity index is 1.41. The minimum Gasteiger partial charge on any atom is -0.427 e. The van der Waals surface area contributed by atoms with Gasteiger partial charge in [0.2, 0.25) is 5.60 Å². The molecule has 1 saturated heterocycles. The molecule has 4 N–H and O–H groups in total. The Morgan fingerprint density at radius 2 is 1.79 bits per heavy atom. The summed E-state index contributed by atoms with van der Waals surface area (Å²) in [6.45, 7) is 1.27. The van der Waals surface area contributed by atoms with Gasteiger partial charge in [-0.3, -0.25) is 25.2 Å². The van der Waals surface area contributed by atoms with Gasteiger partial charge < -0.3 is 15.4 Å². The van der Waals surface area contributed by atoms with Crippen LogP contribution >= 0.6 is 0 Å². The van der Waals surface area contributed by atoms with E-state index in [1.54, 1.807) is 42.5 Å². The van der Waals surface area contributed by atoms with E-state index in [0.717, 1.165) is 16.0 Å². The molecule has 1 spiro atoms. The fourth-order valence-electron chi connectivity index (χ4n) is 4.01.